The Morgan fingerprint density at radius 2 is 1.37 bits per heavy atom. The summed E-state index contributed by atoms with van der Waals surface area (Å²) in [6, 6.07) is 37.0. The zero-order valence-electron chi connectivity index (χ0n) is 34.9. The molecule has 0 radical (unpaired) electrons. The molecular weight excluding hydrogens is 882 g/mol. The molecule has 296 valence electrons. The van der Waals surface area contributed by atoms with Crippen LogP contribution in [0.15, 0.2) is 104 Å². The minimum absolute atomic E-state index is 0. The summed E-state index contributed by atoms with van der Waals surface area (Å²) in [5.41, 5.74) is 11.1. The van der Waals surface area contributed by atoms with Gasteiger partial charge < -0.3 is 19.1 Å². The van der Waals surface area contributed by atoms with E-state index in [9.17, 15) is 0 Å². The van der Waals surface area contributed by atoms with Crippen molar-refractivity contribution in [2.24, 2.45) is 0 Å². The monoisotopic (exact) mass is 933 g/mol. The SMILES string of the molecule is CC(C)c1cc(C(C)(C)C)c(N2[CH-]N(c3[c-]c(Oc4[c-]c5c(cc4)c4ccccc4n5-c4cc(C(C)(C)C)ccn4)ccc3)c3cnccc32)c(C(C)(C)C)c1.[Pt]. The van der Waals surface area contributed by atoms with E-state index in [1.807, 2.05) is 36.8 Å². The Balaban J connectivity index is 0.00000496. The molecule has 7 heteroatoms. The third-order valence-corrected chi connectivity index (χ3v) is 10.8. The molecule has 0 spiro atoms. The number of benzene rings is 4. The molecule has 0 unspecified atom stereocenters. The maximum atomic E-state index is 6.60. The van der Waals surface area contributed by atoms with Crippen LogP contribution in [0.3, 0.4) is 0 Å². The van der Waals surface area contributed by atoms with Crippen molar-refractivity contribution >= 4 is 44.6 Å². The van der Waals surface area contributed by atoms with Gasteiger partial charge in [0.15, 0.2) is 0 Å². The number of ether oxygens (including phenoxy) is 1. The van der Waals surface area contributed by atoms with E-state index >= 15 is 0 Å². The molecule has 0 saturated carbocycles. The summed E-state index contributed by atoms with van der Waals surface area (Å²) in [5, 5.41) is 2.24. The van der Waals surface area contributed by atoms with Crippen molar-refractivity contribution in [1.29, 1.82) is 0 Å². The van der Waals surface area contributed by atoms with Gasteiger partial charge in [0.05, 0.1) is 5.69 Å². The standard InChI is InChI=1S/C50H52N5O.Pt/c1-32(2)33-25-40(49(6,7)8)47(41(26-33)50(9,10)11)54-31-53(45-30-51-23-22-43(45)54)35-15-14-16-36(28-35)56-37-19-20-39-38-17-12-13-18-42(38)55(44(39)29-37)46-27-34(21-24-52-46)48(3,4)5;/h12-27,30-32H,1-11H3;/q-3;. The van der Waals surface area contributed by atoms with Crippen molar-refractivity contribution < 1.29 is 25.8 Å². The van der Waals surface area contributed by atoms with E-state index in [1.165, 1.54) is 27.9 Å². The third-order valence-electron chi connectivity index (χ3n) is 10.8. The minimum atomic E-state index is -0.0939. The van der Waals surface area contributed by atoms with E-state index < -0.39 is 0 Å². The van der Waals surface area contributed by atoms with Gasteiger partial charge in [-0.25, -0.2) is 4.98 Å². The molecule has 8 rings (SSSR count). The molecule has 3 aromatic heterocycles. The number of aromatic nitrogens is 3. The molecule has 57 heavy (non-hydrogen) atoms. The van der Waals surface area contributed by atoms with E-state index in [0.29, 0.717) is 17.4 Å². The Hall–Kier alpha value is -4.93. The van der Waals surface area contributed by atoms with Gasteiger partial charge >= 0.3 is 0 Å². The Morgan fingerprint density at radius 1 is 0.667 bits per heavy atom. The van der Waals surface area contributed by atoms with Crippen LogP contribution in [0.25, 0.3) is 27.6 Å². The van der Waals surface area contributed by atoms with Gasteiger partial charge in [-0.1, -0.05) is 112 Å². The fraction of sp³-hybridized carbons (Fsp3) is 0.300. The second-order valence-electron chi connectivity index (χ2n) is 18.4. The quantitative estimate of drug-likeness (QED) is 0.156. The fourth-order valence-corrected chi connectivity index (χ4v) is 7.70. The second kappa shape index (κ2) is 14.8. The van der Waals surface area contributed by atoms with E-state index in [-0.39, 0.29) is 37.3 Å². The van der Waals surface area contributed by atoms with Crippen LogP contribution in [0.4, 0.5) is 22.7 Å². The number of nitrogens with zero attached hydrogens (tertiary/aromatic N) is 5. The van der Waals surface area contributed by atoms with Crippen LogP contribution in [0.1, 0.15) is 104 Å². The molecule has 7 aromatic rings. The molecule has 0 atom stereocenters. The van der Waals surface area contributed by atoms with Gasteiger partial charge in [0.1, 0.15) is 5.82 Å². The number of rotatable bonds is 6. The largest absolute Gasteiger partial charge is 0.509 e. The minimum Gasteiger partial charge on any atom is -0.509 e. The smallest absolute Gasteiger partial charge is 0.135 e. The Labute approximate surface area is 353 Å². The van der Waals surface area contributed by atoms with Crippen molar-refractivity contribution in [3.8, 4) is 17.3 Å². The van der Waals surface area contributed by atoms with Gasteiger partial charge in [0, 0.05) is 68.0 Å². The summed E-state index contributed by atoms with van der Waals surface area (Å²) < 4.78 is 8.79. The summed E-state index contributed by atoms with van der Waals surface area (Å²) >= 11 is 0. The van der Waals surface area contributed by atoms with Crippen LogP contribution >= 0.6 is 0 Å². The summed E-state index contributed by atoms with van der Waals surface area (Å²) in [7, 11) is 0. The van der Waals surface area contributed by atoms with Crippen molar-refractivity contribution in [1.82, 2.24) is 14.5 Å². The van der Waals surface area contributed by atoms with E-state index in [2.05, 4.69) is 181 Å². The maximum Gasteiger partial charge on any atom is 0.135 e. The number of pyridine rings is 2. The summed E-state index contributed by atoms with van der Waals surface area (Å²) in [6.07, 6.45) is 5.71. The number of fused-ring (bicyclic) bond motifs is 4. The number of hydrogen-bond donors (Lipinski definition) is 0. The Kier molecular flexibility index (Phi) is 10.4. The van der Waals surface area contributed by atoms with Crippen LogP contribution in [0.5, 0.6) is 11.5 Å². The van der Waals surface area contributed by atoms with Crippen molar-refractivity contribution in [2.45, 2.75) is 98.3 Å². The first-order valence-corrected chi connectivity index (χ1v) is 19.7. The molecule has 0 aliphatic carbocycles. The summed E-state index contributed by atoms with van der Waals surface area (Å²) in [6.45, 7) is 27.3. The number of para-hydroxylation sites is 1. The molecule has 0 saturated heterocycles. The van der Waals surface area contributed by atoms with Crippen molar-refractivity contribution in [3.05, 3.63) is 145 Å². The zero-order valence-corrected chi connectivity index (χ0v) is 37.2. The first kappa shape index (κ1) is 40.3. The summed E-state index contributed by atoms with van der Waals surface area (Å²) in [4.78, 5) is 13.9. The van der Waals surface area contributed by atoms with Crippen LogP contribution in [0.2, 0.25) is 0 Å². The van der Waals surface area contributed by atoms with Crippen molar-refractivity contribution in [2.75, 3.05) is 9.80 Å². The molecule has 6 nitrogen and oxygen atoms in total. The summed E-state index contributed by atoms with van der Waals surface area (Å²) in [5.74, 6) is 2.47. The van der Waals surface area contributed by atoms with E-state index in [4.69, 9.17) is 9.72 Å². The van der Waals surface area contributed by atoms with E-state index in [0.717, 1.165) is 44.7 Å². The third kappa shape index (κ3) is 7.50. The number of anilines is 4. The van der Waals surface area contributed by atoms with Crippen LogP contribution in [0, 0.1) is 18.8 Å². The normalized spacial score (nSPS) is 13.4. The van der Waals surface area contributed by atoms with Crippen LogP contribution < -0.4 is 14.5 Å². The maximum absolute atomic E-state index is 6.60. The zero-order chi connectivity index (χ0) is 39.7. The topological polar surface area (TPSA) is 46.4 Å². The molecule has 0 N–H and O–H groups in total. The van der Waals surface area contributed by atoms with Gasteiger partial charge in [-0.2, -0.15) is 12.1 Å². The number of hydrogen-bond acceptors (Lipinski definition) is 5. The van der Waals surface area contributed by atoms with Gasteiger partial charge in [-0.3, -0.25) is 4.98 Å². The molecule has 0 fully saturated rings. The molecule has 0 amide bonds. The first-order chi connectivity index (χ1) is 26.5. The molecule has 1 aliphatic rings. The average molecular weight is 934 g/mol. The Morgan fingerprint density at radius 3 is 2.05 bits per heavy atom. The molecule has 4 heterocycles. The van der Waals surface area contributed by atoms with Crippen molar-refractivity contribution in [3.63, 3.8) is 0 Å². The van der Waals surface area contributed by atoms with Gasteiger partial charge in [-0.05, 0) is 74.1 Å². The predicted octanol–water partition coefficient (Wildman–Crippen LogP) is 13.4. The van der Waals surface area contributed by atoms with Gasteiger partial charge in [0.25, 0.3) is 0 Å². The second-order valence-corrected chi connectivity index (χ2v) is 18.4. The molecule has 4 aromatic carbocycles. The average Bonchev–Trinajstić information content (AvgIpc) is 3.69. The van der Waals surface area contributed by atoms with Gasteiger partial charge in [-0.15, -0.1) is 48.1 Å². The molecule has 0 bridgehead atoms. The van der Waals surface area contributed by atoms with E-state index in [1.54, 1.807) is 0 Å². The predicted molar refractivity (Wildman–Crippen MR) is 232 cm³/mol. The fourth-order valence-electron chi connectivity index (χ4n) is 7.70. The van der Waals surface area contributed by atoms with Crippen LogP contribution in [-0.2, 0) is 37.3 Å². The molecular formula is C50H52N5OPt-3. The first-order valence-electron chi connectivity index (χ1n) is 19.7. The molecule has 1 aliphatic heterocycles. The van der Waals surface area contributed by atoms with Gasteiger partial charge in [0.2, 0.25) is 0 Å². The Bertz CT molecular complexity index is 2570. The van der Waals surface area contributed by atoms with Crippen LogP contribution in [-0.4, -0.2) is 14.5 Å².